The van der Waals surface area contributed by atoms with E-state index in [2.05, 4.69) is 31.1 Å². The van der Waals surface area contributed by atoms with Crippen molar-refractivity contribution < 1.29 is 19.1 Å². The Morgan fingerprint density at radius 2 is 2.00 bits per heavy atom. The van der Waals surface area contributed by atoms with E-state index < -0.39 is 5.97 Å². The Morgan fingerprint density at radius 1 is 1.33 bits per heavy atom. The number of carbonyl (C=O) groups is 2. The second kappa shape index (κ2) is 8.29. The smallest absolute Gasteiger partial charge is 0.325 e. The molecule has 0 saturated heterocycles. The van der Waals surface area contributed by atoms with Gasteiger partial charge in [0.05, 0.1) is 13.2 Å². The van der Waals surface area contributed by atoms with Crippen LogP contribution in [0.1, 0.15) is 47.0 Å². The first-order chi connectivity index (χ1) is 11.1. The predicted octanol–water partition coefficient (Wildman–Crippen LogP) is 2.11. The van der Waals surface area contributed by atoms with Gasteiger partial charge in [0.15, 0.2) is 0 Å². The summed E-state index contributed by atoms with van der Waals surface area (Å²) in [4.78, 5) is 39.3. The van der Waals surface area contributed by atoms with Crippen molar-refractivity contribution in [2.45, 2.75) is 53.0 Å². The molecule has 1 fully saturated rings. The van der Waals surface area contributed by atoms with Crippen LogP contribution in [0.4, 0.5) is 4.79 Å². The highest BCUT2D eigenvalue weighted by molar-refractivity contribution is 5.80. The minimum atomic E-state index is -0.427. The molecule has 0 aliphatic heterocycles. The van der Waals surface area contributed by atoms with Gasteiger partial charge in [-0.25, -0.2) is 14.6 Å². The number of esters is 1. The third-order valence-electron chi connectivity index (χ3n) is 4.31. The van der Waals surface area contributed by atoms with Crippen LogP contribution in [0.3, 0.4) is 0 Å². The number of nitrogens with zero attached hydrogens (tertiary/aromatic N) is 2. The molecule has 0 aromatic rings. The number of amides is 2. The Balaban J connectivity index is 2.69. The lowest BCUT2D eigenvalue weighted by Gasteiger charge is -2.46. The van der Waals surface area contributed by atoms with Gasteiger partial charge >= 0.3 is 12.0 Å². The van der Waals surface area contributed by atoms with Crippen molar-refractivity contribution in [3.05, 3.63) is 0 Å². The Bertz CT molecular complexity index is 514. The molecule has 0 aromatic heterocycles. The van der Waals surface area contributed by atoms with Crippen LogP contribution in [0.15, 0.2) is 4.99 Å². The first kappa shape index (κ1) is 20.2. The second-order valence-corrected chi connectivity index (χ2v) is 7.77. The number of likely N-dealkylation sites (N-methyl/N-ethyl adjacent to an activating group) is 1. The van der Waals surface area contributed by atoms with Gasteiger partial charge in [-0.15, -0.1) is 0 Å². The highest BCUT2D eigenvalue weighted by atomic mass is 16.5. The lowest BCUT2D eigenvalue weighted by atomic mass is 9.62. The van der Waals surface area contributed by atoms with Crippen molar-refractivity contribution in [2.24, 2.45) is 15.8 Å². The normalized spacial score (nSPS) is 25.3. The lowest BCUT2D eigenvalue weighted by molar-refractivity contribution is -0.143. The number of nitrogens with one attached hydrogen (secondary N) is 1. The van der Waals surface area contributed by atoms with Crippen molar-refractivity contribution in [3.63, 3.8) is 0 Å². The number of carbonyl (C=O) groups excluding carboxylic acids is 3. The van der Waals surface area contributed by atoms with Crippen molar-refractivity contribution >= 4 is 18.1 Å². The molecule has 24 heavy (non-hydrogen) atoms. The van der Waals surface area contributed by atoms with Gasteiger partial charge in [0.1, 0.15) is 6.54 Å². The molecule has 0 radical (unpaired) electrons. The number of rotatable bonds is 6. The average molecular weight is 339 g/mol. The molecule has 2 atom stereocenters. The van der Waals surface area contributed by atoms with Gasteiger partial charge in [0.25, 0.3) is 0 Å². The standard InChI is InChI=1S/C17H29N3O4/c1-6-24-14(22)9-20(5)15(23)19-13-7-16(2,3)10-17(4,8-13)11-18-12-21/h13H,6-11H2,1-5H3,(H,19,23). The van der Waals surface area contributed by atoms with E-state index in [1.807, 2.05) is 0 Å². The summed E-state index contributed by atoms with van der Waals surface area (Å²) in [7, 11) is 1.57. The van der Waals surface area contributed by atoms with Crippen LogP contribution in [0.2, 0.25) is 0 Å². The van der Waals surface area contributed by atoms with Crippen molar-refractivity contribution in [2.75, 3.05) is 26.7 Å². The largest absolute Gasteiger partial charge is 0.465 e. The summed E-state index contributed by atoms with van der Waals surface area (Å²) >= 11 is 0. The van der Waals surface area contributed by atoms with E-state index in [4.69, 9.17) is 4.74 Å². The van der Waals surface area contributed by atoms with Crippen molar-refractivity contribution in [1.29, 1.82) is 0 Å². The summed E-state index contributed by atoms with van der Waals surface area (Å²) in [6.45, 7) is 8.72. The fourth-order valence-corrected chi connectivity index (χ4v) is 3.84. The van der Waals surface area contributed by atoms with E-state index in [1.165, 1.54) is 4.90 Å². The van der Waals surface area contributed by atoms with E-state index in [0.29, 0.717) is 13.2 Å². The summed E-state index contributed by atoms with van der Waals surface area (Å²) in [6, 6.07) is -0.329. The average Bonchev–Trinajstić information content (AvgIpc) is 2.43. The van der Waals surface area contributed by atoms with Crippen LogP contribution in [0, 0.1) is 10.8 Å². The zero-order valence-corrected chi connectivity index (χ0v) is 15.3. The third kappa shape index (κ3) is 6.32. The Labute approximate surface area is 143 Å². The van der Waals surface area contributed by atoms with Gasteiger partial charge in [-0.3, -0.25) is 4.79 Å². The third-order valence-corrected chi connectivity index (χ3v) is 4.31. The maximum Gasteiger partial charge on any atom is 0.325 e. The maximum atomic E-state index is 12.3. The highest BCUT2D eigenvalue weighted by Gasteiger charge is 2.41. The van der Waals surface area contributed by atoms with E-state index >= 15 is 0 Å². The molecule has 1 rings (SSSR count). The number of aliphatic imine (C=N–C) groups is 1. The first-order valence-electron chi connectivity index (χ1n) is 8.32. The van der Waals surface area contributed by atoms with Crippen LogP contribution >= 0.6 is 0 Å². The molecule has 0 spiro atoms. The zero-order chi connectivity index (χ0) is 18.4. The summed E-state index contributed by atoms with van der Waals surface area (Å²) in [5.74, 6) is -0.427. The number of ether oxygens (including phenoxy) is 1. The first-order valence-corrected chi connectivity index (χ1v) is 8.32. The number of isocyanates is 1. The topological polar surface area (TPSA) is 88.1 Å². The van der Waals surface area contributed by atoms with E-state index in [-0.39, 0.29) is 29.4 Å². The Hall–Kier alpha value is -1.88. The van der Waals surface area contributed by atoms with Gasteiger partial charge in [-0.2, -0.15) is 0 Å². The molecule has 0 heterocycles. The Morgan fingerprint density at radius 3 is 2.58 bits per heavy atom. The maximum absolute atomic E-state index is 12.3. The molecular weight excluding hydrogens is 310 g/mol. The number of hydrogen-bond acceptors (Lipinski definition) is 5. The lowest BCUT2D eigenvalue weighted by Crippen LogP contribution is -2.51. The van der Waals surface area contributed by atoms with E-state index in [9.17, 15) is 14.4 Å². The predicted molar refractivity (Wildman–Crippen MR) is 90.3 cm³/mol. The second-order valence-electron chi connectivity index (χ2n) is 7.77. The molecule has 7 heteroatoms. The van der Waals surface area contributed by atoms with Crippen molar-refractivity contribution in [1.82, 2.24) is 10.2 Å². The van der Waals surface area contributed by atoms with Crippen LogP contribution in [-0.4, -0.2) is 55.8 Å². The molecule has 1 saturated carbocycles. The highest BCUT2D eigenvalue weighted by Crippen LogP contribution is 2.46. The number of urea groups is 1. The molecule has 1 N–H and O–H groups in total. The van der Waals surface area contributed by atoms with E-state index in [1.54, 1.807) is 20.1 Å². The summed E-state index contributed by atoms with van der Waals surface area (Å²) in [5.41, 5.74) is -0.125. The van der Waals surface area contributed by atoms with Crippen LogP contribution in [-0.2, 0) is 14.3 Å². The zero-order valence-electron chi connectivity index (χ0n) is 15.3. The van der Waals surface area contributed by atoms with Crippen molar-refractivity contribution in [3.8, 4) is 0 Å². The molecule has 0 bridgehead atoms. The minimum Gasteiger partial charge on any atom is -0.465 e. The van der Waals surface area contributed by atoms with Gasteiger partial charge in [0, 0.05) is 13.1 Å². The summed E-state index contributed by atoms with van der Waals surface area (Å²) < 4.78 is 4.85. The number of hydrogen-bond donors (Lipinski definition) is 1. The van der Waals surface area contributed by atoms with Gasteiger partial charge in [-0.05, 0) is 37.0 Å². The fourth-order valence-electron chi connectivity index (χ4n) is 3.84. The van der Waals surface area contributed by atoms with Crippen LogP contribution < -0.4 is 5.32 Å². The SMILES string of the molecule is CCOC(=O)CN(C)C(=O)NC1CC(C)(C)CC(C)(CN=C=O)C1. The quantitative estimate of drug-likeness (QED) is 0.456. The minimum absolute atomic E-state index is 0.0299. The molecule has 2 amide bonds. The monoisotopic (exact) mass is 339 g/mol. The summed E-state index contributed by atoms with van der Waals surface area (Å²) in [5, 5.41) is 2.99. The molecule has 1 aliphatic carbocycles. The fraction of sp³-hybridized carbons (Fsp3) is 0.824. The molecule has 2 unspecified atom stereocenters. The Kier molecular flexibility index (Phi) is 6.96. The molecule has 136 valence electrons. The van der Waals surface area contributed by atoms with Crippen LogP contribution in [0.25, 0.3) is 0 Å². The van der Waals surface area contributed by atoms with E-state index in [0.717, 1.165) is 19.3 Å². The van der Waals surface area contributed by atoms with Crippen LogP contribution in [0.5, 0.6) is 0 Å². The molecular formula is C17H29N3O4. The van der Waals surface area contributed by atoms with Gasteiger partial charge < -0.3 is 15.0 Å². The molecule has 7 nitrogen and oxygen atoms in total. The summed E-state index contributed by atoms with van der Waals surface area (Å²) in [6.07, 6.45) is 4.11. The molecule has 1 aliphatic rings. The molecule has 0 aromatic carbocycles. The van der Waals surface area contributed by atoms with Gasteiger partial charge in [-0.1, -0.05) is 20.8 Å². The van der Waals surface area contributed by atoms with Gasteiger partial charge in [0.2, 0.25) is 6.08 Å².